The number of benzene rings is 2. The van der Waals surface area contributed by atoms with Gasteiger partial charge >= 0.3 is 0 Å². The number of carbonyl (C=O) groups is 1. The lowest BCUT2D eigenvalue weighted by molar-refractivity contribution is -0.384. The van der Waals surface area contributed by atoms with Crippen LogP contribution in [0.5, 0.6) is 0 Å². The van der Waals surface area contributed by atoms with Crippen molar-refractivity contribution in [2.24, 2.45) is 5.10 Å². The molecular weight excluding hydrogens is 277 g/mol. The molecule has 0 saturated heterocycles. The molecular formula is C14H10FN3O3. The van der Waals surface area contributed by atoms with Crippen molar-refractivity contribution < 1.29 is 14.1 Å². The van der Waals surface area contributed by atoms with Crippen LogP contribution in [0.15, 0.2) is 53.6 Å². The summed E-state index contributed by atoms with van der Waals surface area (Å²) in [5, 5.41) is 14.2. The highest BCUT2D eigenvalue weighted by Gasteiger charge is 2.04. The molecule has 2 aromatic rings. The van der Waals surface area contributed by atoms with E-state index in [2.05, 4.69) is 10.5 Å². The number of nitro groups is 1. The molecule has 0 aliphatic carbocycles. The van der Waals surface area contributed by atoms with Crippen LogP contribution in [0.2, 0.25) is 0 Å². The van der Waals surface area contributed by atoms with Gasteiger partial charge in [-0.25, -0.2) is 9.82 Å². The molecule has 0 bridgehead atoms. The summed E-state index contributed by atoms with van der Waals surface area (Å²) in [5.74, 6) is -0.908. The Hall–Kier alpha value is -3.09. The zero-order valence-electron chi connectivity index (χ0n) is 10.7. The van der Waals surface area contributed by atoms with Gasteiger partial charge in [-0.2, -0.15) is 5.10 Å². The van der Waals surface area contributed by atoms with Crippen molar-refractivity contribution in [3.05, 3.63) is 75.6 Å². The van der Waals surface area contributed by atoms with Crippen molar-refractivity contribution in [2.45, 2.75) is 0 Å². The second kappa shape index (κ2) is 6.38. The molecule has 1 N–H and O–H groups in total. The predicted octanol–water partition coefficient (Wildman–Crippen LogP) is 2.50. The molecule has 0 aliphatic heterocycles. The van der Waals surface area contributed by atoms with Gasteiger partial charge in [0, 0.05) is 17.7 Å². The van der Waals surface area contributed by atoms with Gasteiger partial charge in [-0.3, -0.25) is 14.9 Å². The van der Waals surface area contributed by atoms with Gasteiger partial charge in [0.2, 0.25) is 0 Å². The maximum absolute atomic E-state index is 12.7. The third kappa shape index (κ3) is 3.93. The quantitative estimate of drug-likeness (QED) is 0.532. The normalized spacial score (nSPS) is 10.5. The van der Waals surface area contributed by atoms with Crippen LogP contribution >= 0.6 is 0 Å². The van der Waals surface area contributed by atoms with Gasteiger partial charge in [-0.15, -0.1) is 0 Å². The van der Waals surface area contributed by atoms with Gasteiger partial charge in [-0.1, -0.05) is 0 Å². The van der Waals surface area contributed by atoms with Crippen LogP contribution in [-0.2, 0) is 0 Å². The summed E-state index contributed by atoms with van der Waals surface area (Å²) >= 11 is 0. The van der Waals surface area contributed by atoms with Gasteiger partial charge in [-0.05, 0) is 42.0 Å². The number of hydrazone groups is 1. The number of hydrogen-bond donors (Lipinski definition) is 1. The third-order valence-electron chi connectivity index (χ3n) is 2.59. The molecule has 1 amide bonds. The van der Waals surface area contributed by atoms with E-state index >= 15 is 0 Å². The van der Waals surface area contributed by atoms with Crippen molar-refractivity contribution >= 4 is 17.8 Å². The van der Waals surface area contributed by atoms with Crippen molar-refractivity contribution in [3.63, 3.8) is 0 Å². The molecule has 0 fully saturated rings. The fourth-order valence-corrected chi connectivity index (χ4v) is 1.51. The van der Waals surface area contributed by atoms with E-state index in [1.807, 2.05) is 0 Å². The summed E-state index contributed by atoms with van der Waals surface area (Å²) < 4.78 is 12.7. The van der Waals surface area contributed by atoms with Gasteiger partial charge in [0.15, 0.2) is 0 Å². The Bertz CT molecular complexity index is 682. The number of carbonyl (C=O) groups excluding carboxylic acids is 1. The number of halogens is 1. The van der Waals surface area contributed by atoms with E-state index in [9.17, 15) is 19.3 Å². The predicted molar refractivity (Wildman–Crippen MR) is 74.6 cm³/mol. The standard InChI is InChI=1S/C14H10FN3O3/c15-12-5-3-11(4-6-12)14(19)17-16-9-10-1-7-13(8-2-10)18(20)21/h1-9H,(H,17,19). The van der Waals surface area contributed by atoms with Gasteiger partial charge < -0.3 is 0 Å². The monoisotopic (exact) mass is 287 g/mol. The average Bonchev–Trinajstić information content (AvgIpc) is 2.48. The van der Waals surface area contributed by atoms with Gasteiger partial charge in [0.05, 0.1) is 11.1 Å². The summed E-state index contributed by atoms with van der Waals surface area (Å²) in [6.07, 6.45) is 1.35. The fraction of sp³-hybridized carbons (Fsp3) is 0. The first-order valence-electron chi connectivity index (χ1n) is 5.90. The molecule has 0 saturated carbocycles. The Kier molecular flexibility index (Phi) is 4.35. The lowest BCUT2D eigenvalue weighted by Crippen LogP contribution is -2.17. The van der Waals surface area contributed by atoms with Crippen molar-refractivity contribution in [1.29, 1.82) is 0 Å². The highest BCUT2D eigenvalue weighted by atomic mass is 19.1. The van der Waals surface area contributed by atoms with Crippen LogP contribution in [0.3, 0.4) is 0 Å². The van der Waals surface area contributed by atoms with Crippen molar-refractivity contribution in [1.82, 2.24) is 5.43 Å². The molecule has 21 heavy (non-hydrogen) atoms. The van der Waals surface area contributed by atoms with Crippen LogP contribution < -0.4 is 5.43 Å². The van der Waals surface area contributed by atoms with E-state index in [1.54, 1.807) is 0 Å². The molecule has 0 aromatic heterocycles. The molecule has 0 radical (unpaired) electrons. The molecule has 2 rings (SSSR count). The van der Waals surface area contributed by atoms with Crippen LogP contribution in [-0.4, -0.2) is 17.0 Å². The first-order chi connectivity index (χ1) is 10.1. The molecule has 106 valence electrons. The minimum absolute atomic E-state index is 0.0255. The average molecular weight is 287 g/mol. The number of nitrogens with one attached hydrogen (secondary N) is 1. The van der Waals surface area contributed by atoms with Crippen molar-refractivity contribution in [2.75, 3.05) is 0 Å². The van der Waals surface area contributed by atoms with Gasteiger partial charge in [0.25, 0.3) is 11.6 Å². The summed E-state index contributed by atoms with van der Waals surface area (Å²) in [7, 11) is 0. The van der Waals surface area contributed by atoms with Crippen LogP contribution in [0.25, 0.3) is 0 Å². The van der Waals surface area contributed by atoms with Crippen LogP contribution in [0.4, 0.5) is 10.1 Å². The Morgan fingerprint density at radius 3 is 2.33 bits per heavy atom. The summed E-state index contributed by atoms with van der Waals surface area (Å²) in [6, 6.07) is 10.7. The summed E-state index contributed by atoms with van der Waals surface area (Å²) in [6.45, 7) is 0. The zero-order valence-corrected chi connectivity index (χ0v) is 10.7. The molecule has 6 nitrogen and oxygen atoms in total. The smallest absolute Gasteiger partial charge is 0.267 e. The number of amides is 1. The van der Waals surface area contributed by atoms with Crippen molar-refractivity contribution in [3.8, 4) is 0 Å². The largest absolute Gasteiger partial charge is 0.271 e. The zero-order chi connectivity index (χ0) is 15.2. The number of non-ortho nitro benzene ring substituents is 1. The van der Waals surface area contributed by atoms with E-state index < -0.39 is 16.6 Å². The molecule has 0 unspecified atom stereocenters. The lowest BCUT2D eigenvalue weighted by atomic mass is 10.2. The molecule has 0 spiro atoms. The second-order valence-corrected chi connectivity index (χ2v) is 4.05. The highest BCUT2D eigenvalue weighted by Crippen LogP contribution is 2.10. The fourth-order valence-electron chi connectivity index (χ4n) is 1.51. The number of nitrogens with zero attached hydrogens (tertiary/aromatic N) is 2. The van der Waals surface area contributed by atoms with Crippen LogP contribution in [0.1, 0.15) is 15.9 Å². The maximum Gasteiger partial charge on any atom is 0.271 e. The van der Waals surface area contributed by atoms with Gasteiger partial charge in [0.1, 0.15) is 5.82 Å². The van der Waals surface area contributed by atoms with E-state index in [-0.39, 0.29) is 11.3 Å². The first kappa shape index (κ1) is 14.3. The molecule has 0 heterocycles. The minimum Gasteiger partial charge on any atom is -0.267 e. The maximum atomic E-state index is 12.7. The first-order valence-corrected chi connectivity index (χ1v) is 5.90. The highest BCUT2D eigenvalue weighted by molar-refractivity contribution is 5.94. The third-order valence-corrected chi connectivity index (χ3v) is 2.59. The van der Waals surface area contributed by atoms with E-state index in [1.165, 1.54) is 54.7 Å². The molecule has 0 aliphatic rings. The lowest BCUT2D eigenvalue weighted by Gasteiger charge is -1.99. The Morgan fingerprint density at radius 2 is 1.76 bits per heavy atom. The number of nitro benzene ring substituents is 1. The minimum atomic E-state index is -0.503. The number of rotatable bonds is 4. The van der Waals surface area contributed by atoms with E-state index in [4.69, 9.17) is 0 Å². The molecule has 0 atom stereocenters. The van der Waals surface area contributed by atoms with E-state index in [0.717, 1.165) is 0 Å². The summed E-state index contributed by atoms with van der Waals surface area (Å²) in [5.41, 5.74) is 3.13. The van der Waals surface area contributed by atoms with Crippen LogP contribution in [0, 0.1) is 15.9 Å². The Morgan fingerprint density at radius 1 is 1.14 bits per heavy atom. The second-order valence-electron chi connectivity index (χ2n) is 4.05. The molecule has 7 heteroatoms. The number of hydrogen-bond acceptors (Lipinski definition) is 4. The Labute approximate surface area is 119 Å². The summed E-state index contributed by atoms with van der Waals surface area (Å²) in [4.78, 5) is 21.6. The van der Waals surface area contributed by atoms with E-state index in [0.29, 0.717) is 5.56 Å². The SMILES string of the molecule is O=C(NN=Cc1ccc([N+](=O)[O-])cc1)c1ccc(F)cc1. The molecule has 2 aromatic carbocycles. The topological polar surface area (TPSA) is 84.6 Å². The Balaban J connectivity index is 1.97.